The van der Waals surface area contributed by atoms with Gasteiger partial charge in [-0.2, -0.15) is 0 Å². The van der Waals surface area contributed by atoms with Crippen molar-refractivity contribution in [3.63, 3.8) is 0 Å². The summed E-state index contributed by atoms with van der Waals surface area (Å²) in [6.07, 6.45) is 0.797. The molecule has 1 heterocycles. The van der Waals surface area contributed by atoms with Gasteiger partial charge in [-0.25, -0.2) is 0 Å². The van der Waals surface area contributed by atoms with E-state index in [9.17, 15) is 4.79 Å². The summed E-state index contributed by atoms with van der Waals surface area (Å²) in [5.41, 5.74) is 0. The van der Waals surface area contributed by atoms with Crippen LogP contribution in [0, 0.1) is 0 Å². The summed E-state index contributed by atoms with van der Waals surface area (Å²) in [5, 5.41) is 2.76. The van der Waals surface area contributed by atoms with Crippen molar-refractivity contribution < 1.29 is 18.7 Å². The molecule has 0 spiro atoms. The number of methoxy groups -OCH3 is 1. The standard InChI is InChI=1S/C12H19NO4/c1-3-16-8-4-7-13-12(14)11-6-5-10(17-11)9-15-2/h5-6H,3-4,7-9H2,1-2H3,(H,13,14). The summed E-state index contributed by atoms with van der Waals surface area (Å²) in [5.74, 6) is 0.754. The molecule has 0 aromatic carbocycles. The van der Waals surface area contributed by atoms with Gasteiger partial charge in [0.15, 0.2) is 5.76 Å². The maximum Gasteiger partial charge on any atom is 0.286 e. The first-order chi connectivity index (χ1) is 8.27. The van der Waals surface area contributed by atoms with Crippen molar-refractivity contribution in [3.05, 3.63) is 23.7 Å². The molecule has 5 nitrogen and oxygen atoms in total. The van der Waals surface area contributed by atoms with E-state index in [2.05, 4.69) is 5.32 Å². The van der Waals surface area contributed by atoms with Crippen LogP contribution in [0.1, 0.15) is 29.7 Å². The topological polar surface area (TPSA) is 60.7 Å². The molecule has 0 fully saturated rings. The zero-order valence-electron chi connectivity index (χ0n) is 10.3. The highest BCUT2D eigenvalue weighted by molar-refractivity contribution is 5.91. The molecule has 0 aliphatic heterocycles. The molecule has 0 aliphatic rings. The van der Waals surface area contributed by atoms with Crippen LogP contribution in [0.5, 0.6) is 0 Å². The fourth-order valence-corrected chi connectivity index (χ4v) is 1.33. The van der Waals surface area contributed by atoms with Gasteiger partial charge in [-0.15, -0.1) is 0 Å². The first kappa shape index (κ1) is 13.7. The molecule has 0 saturated carbocycles. The Bertz CT molecular complexity index is 335. The van der Waals surface area contributed by atoms with Gasteiger partial charge in [0.2, 0.25) is 0 Å². The van der Waals surface area contributed by atoms with Crippen LogP contribution in [0.3, 0.4) is 0 Å². The van der Waals surface area contributed by atoms with E-state index in [1.807, 2.05) is 6.92 Å². The third-order valence-corrected chi connectivity index (χ3v) is 2.13. The first-order valence-electron chi connectivity index (χ1n) is 5.71. The van der Waals surface area contributed by atoms with Gasteiger partial charge in [0.05, 0.1) is 0 Å². The SMILES string of the molecule is CCOCCCNC(=O)c1ccc(COC)o1. The van der Waals surface area contributed by atoms with Crippen LogP contribution in [0.25, 0.3) is 0 Å². The van der Waals surface area contributed by atoms with Gasteiger partial charge >= 0.3 is 0 Å². The number of carbonyl (C=O) groups is 1. The van der Waals surface area contributed by atoms with Crippen LogP contribution in [0.2, 0.25) is 0 Å². The van der Waals surface area contributed by atoms with E-state index < -0.39 is 0 Å². The van der Waals surface area contributed by atoms with E-state index in [0.29, 0.717) is 37.9 Å². The van der Waals surface area contributed by atoms with Gasteiger partial charge in [0.25, 0.3) is 5.91 Å². The number of amides is 1. The fourth-order valence-electron chi connectivity index (χ4n) is 1.33. The Hall–Kier alpha value is -1.33. The zero-order valence-corrected chi connectivity index (χ0v) is 10.3. The lowest BCUT2D eigenvalue weighted by Gasteiger charge is -2.03. The third kappa shape index (κ3) is 5.01. The summed E-state index contributed by atoms with van der Waals surface area (Å²) in [4.78, 5) is 11.6. The summed E-state index contributed by atoms with van der Waals surface area (Å²) >= 11 is 0. The lowest BCUT2D eigenvalue weighted by atomic mass is 10.4. The molecule has 0 radical (unpaired) electrons. The Morgan fingerprint density at radius 1 is 1.47 bits per heavy atom. The average molecular weight is 241 g/mol. The maximum absolute atomic E-state index is 11.6. The van der Waals surface area contributed by atoms with Crippen LogP contribution in [-0.4, -0.2) is 32.8 Å². The van der Waals surface area contributed by atoms with Crippen molar-refractivity contribution >= 4 is 5.91 Å². The molecule has 5 heteroatoms. The van der Waals surface area contributed by atoms with Gasteiger partial charge in [-0.1, -0.05) is 0 Å². The zero-order chi connectivity index (χ0) is 12.5. The summed E-state index contributed by atoms with van der Waals surface area (Å²) in [6, 6.07) is 3.38. The lowest BCUT2D eigenvalue weighted by molar-refractivity contribution is 0.0908. The number of furan rings is 1. The average Bonchev–Trinajstić information content (AvgIpc) is 2.78. The second-order valence-electron chi connectivity index (χ2n) is 3.51. The quantitative estimate of drug-likeness (QED) is 0.702. The third-order valence-electron chi connectivity index (χ3n) is 2.13. The van der Waals surface area contributed by atoms with Crippen LogP contribution >= 0.6 is 0 Å². The highest BCUT2D eigenvalue weighted by Gasteiger charge is 2.09. The Morgan fingerprint density at radius 2 is 2.29 bits per heavy atom. The summed E-state index contributed by atoms with van der Waals surface area (Å²) in [7, 11) is 1.58. The normalized spacial score (nSPS) is 10.5. The van der Waals surface area contributed by atoms with Crippen molar-refractivity contribution in [2.45, 2.75) is 20.0 Å². The van der Waals surface area contributed by atoms with E-state index in [0.717, 1.165) is 6.42 Å². The van der Waals surface area contributed by atoms with E-state index in [1.54, 1.807) is 19.2 Å². The first-order valence-corrected chi connectivity index (χ1v) is 5.71. The van der Waals surface area contributed by atoms with Gasteiger partial charge in [0.1, 0.15) is 12.4 Å². The monoisotopic (exact) mass is 241 g/mol. The number of ether oxygens (including phenoxy) is 2. The van der Waals surface area contributed by atoms with Gasteiger partial charge < -0.3 is 19.2 Å². The predicted octanol–water partition coefficient (Wildman–Crippen LogP) is 1.58. The Labute approximate surface area is 101 Å². The van der Waals surface area contributed by atoms with Crippen LogP contribution in [0.4, 0.5) is 0 Å². The van der Waals surface area contributed by atoms with E-state index in [1.165, 1.54) is 0 Å². The Morgan fingerprint density at radius 3 is 3.00 bits per heavy atom. The Balaban J connectivity index is 2.26. The molecule has 0 aliphatic carbocycles. The molecule has 1 aromatic heterocycles. The fraction of sp³-hybridized carbons (Fsp3) is 0.583. The van der Waals surface area contributed by atoms with Gasteiger partial charge in [0, 0.05) is 26.9 Å². The van der Waals surface area contributed by atoms with E-state index in [-0.39, 0.29) is 5.91 Å². The second kappa shape index (κ2) is 7.86. The highest BCUT2D eigenvalue weighted by atomic mass is 16.5. The molecule has 1 N–H and O–H groups in total. The van der Waals surface area contributed by atoms with Crippen molar-refractivity contribution in [2.24, 2.45) is 0 Å². The predicted molar refractivity (Wildman–Crippen MR) is 62.9 cm³/mol. The van der Waals surface area contributed by atoms with E-state index in [4.69, 9.17) is 13.9 Å². The van der Waals surface area contributed by atoms with Crippen LogP contribution < -0.4 is 5.32 Å². The minimum Gasteiger partial charge on any atom is -0.453 e. The second-order valence-corrected chi connectivity index (χ2v) is 3.51. The minimum atomic E-state index is -0.205. The molecule has 1 amide bonds. The number of hydrogen-bond acceptors (Lipinski definition) is 4. The molecule has 0 saturated heterocycles. The number of nitrogens with one attached hydrogen (secondary N) is 1. The molecule has 1 rings (SSSR count). The molecule has 0 atom stereocenters. The molecule has 1 aromatic rings. The largest absolute Gasteiger partial charge is 0.453 e. The van der Waals surface area contributed by atoms with Crippen LogP contribution in [-0.2, 0) is 16.1 Å². The molecular formula is C12H19NO4. The molecule has 0 bridgehead atoms. The maximum atomic E-state index is 11.6. The lowest BCUT2D eigenvalue weighted by Crippen LogP contribution is -2.24. The minimum absolute atomic E-state index is 0.205. The molecule has 0 unspecified atom stereocenters. The molecule has 17 heavy (non-hydrogen) atoms. The number of hydrogen-bond donors (Lipinski definition) is 1. The van der Waals surface area contributed by atoms with Gasteiger partial charge in [-0.05, 0) is 25.5 Å². The van der Waals surface area contributed by atoms with Crippen molar-refractivity contribution in [3.8, 4) is 0 Å². The number of rotatable bonds is 8. The Kier molecular flexibility index (Phi) is 6.35. The highest BCUT2D eigenvalue weighted by Crippen LogP contribution is 2.08. The van der Waals surface area contributed by atoms with Gasteiger partial charge in [-0.3, -0.25) is 4.79 Å². The molecule has 96 valence electrons. The smallest absolute Gasteiger partial charge is 0.286 e. The van der Waals surface area contributed by atoms with Crippen LogP contribution in [0.15, 0.2) is 16.5 Å². The number of carbonyl (C=O) groups excluding carboxylic acids is 1. The van der Waals surface area contributed by atoms with Crippen molar-refractivity contribution in [1.82, 2.24) is 5.32 Å². The van der Waals surface area contributed by atoms with E-state index >= 15 is 0 Å². The summed E-state index contributed by atoms with van der Waals surface area (Å²) < 4.78 is 15.4. The molecular weight excluding hydrogens is 222 g/mol. The van der Waals surface area contributed by atoms with Crippen molar-refractivity contribution in [1.29, 1.82) is 0 Å². The summed E-state index contributed by atoms with van der Waals surface area (Å²) in [6.45, 7) is 4.26. The van der Waals surface area contributed by atoms with Crippen molar-refractivity contribution in [2.75, 3.05) is 26.9 Å².